The number of benzene rings is 2. The Balaban J connectivity index is 1.53. The van der Waals surface area contributed by atoms with Crippen LogP contribution in [0.15, 0.2) is 48.5 Å². The Morgan fingerprint density at radius 3 is 2.09 bits per heavy atom. The van der Waals surface area contributed by atoms with Crippen molar-refractivity contribution in [2.75, 3.05) is 13.2 Å². The zero-order chi connectivity index (χ0) is 24.7. The molecular formula is C27H34N2O5. The van der Waals surface area contributed by atoms with E-state index >= 15 is 0 Å². The monoisotopic (exact) mass is 466 g/mol. The average Bonchev–Trinajstić information content (AvgIpc) is 3.14. The van der Waals surface area contributed by atoms with Gasteiger partial charge in [0, 0.05) is 12.5 Å². The van der Waals surface area contributed by atoms with Gasteiger partial charge in [0.2, 0.25) is 5.91 Å². The highest BCUT2D eigenvalue weighted by atomic mass is 16.5. The van der Waals surface area contributed by atoms with Gasteiger partial charge in [0.25, 0.3) is 0 Å². The van der Waals surface area contributed by atoms with Crippen molar-refractivity contribution in [3.8, 4) is 11.1 Å². The van der Waals surface area contributed by atoms with Crippen molar-refractivity contribution in [1.29, 1.82) is 0 Å². The Morgan fingerprint density at radius 1 is 0.971 bits per heavy atom. The van der Waals surface area contributed by atoms with Crippen molar-refractivity contribution in [3.05, 3.63) is 59.7 Å². The lowest BCUT2D eigenvalue weighted by Gasteiger charge is -2.20. The maximum atomic E-state index is 12.6. The molecule has 2 amide bonds. The molecule has 2 unspecified atom stereocenters. The molecule has 2 aromatic rings. The van der Waals surface area contributed by atoms with Crippen molar-refractivity contribution >= 4 is 18.0 Å². The molecule has 2 aromatic carbocycles. The van der Waals surface area contributed by atoms with Crippen molar-refractivity contribution in [2.24, 2.45) is 11.8 Å². The van der Waals surface area contributed by atoms with Gasteiger partial charge in [-0.3, -0.25) is 4.79 Å². The van der Waals surface area contributed by atoms with E-state index in [0.717, 1.165) is 22.3 Å². The molecule has 34 heavy (non-hydrogen) atoms. The minimum Gasteiger partial charge on any atom is -0.480 e. The quantitative estimate of drug-likeness (QED) is 0.450. The summed E-state index contributed by atoms with van der Waals surface area (Å²) in [6.07, 6.45) is 0.940. The SMILES string of the molecule is CCC(CNC(=O)OCC1c2ccccc2-c2ccccc21)C(=O)NC(CCC(C)C)C(=O)O. The first-order valence-electron chi connectivity index (χ1n) is 11.9. The van der Waals surface area contributed by atoms with E-state index in [9.17, 15) is 19.5 Å². The van der Waals surface area contributed by atoms with Crippen LogP contribution in [0.5, 0.6) is 0 Å². The normalized spacial score (nSPS) is 14.1. The molecule has 0 fully saturated rings. The second kappa shape index (κ2) is 11.7. The predicted octanol–water partition coefficient (Wildman–Crippen LogP) is 4.56. The number of nitrogens with one attached hydrogen (secondary N) is 2. The summed E-state index contributed by atoms with van der Waals surface area (Å²) in [7, 11) is 0. The van der Waals surface area contributed by atoms with Crippen LogP contribution >= 0.6 is 0 Å². The largest absolute Gasteiger partial charge is 0.480 e. The topological polar surface area (TPSA) is 105 Å². The number of rotatable bonds is 11. The number of alkyl carbamates (subject to hydrolysis) is 1. The number of amides is 2. The summed E-state index contributed by atoms with van der Waals surface area (Å²) in [5.74, 6) is -1.66. The van der Waals surface area contributed by atoms with E-state index in [-0.39, 0.29) is 25.0 Å². The summed E-state index contributed by atoms with van der Waals surface area (Å²) in [6, 6.07) is 15.3. The van der Waals surface area contributed by atoms with Crippen molar-refractivity contribution in [3.63, 3.8) is 0 Å². The van der Waals surface area contributed by atoms with Crippen molar-refractivity contribution in [1.82, 2.24) is 10.6 Å². The Hall–Kier alpha value is -3.35. The van der Waals surface area contributed by atoms with Gasteiger partial charge in [-0.1, -0.05) is 69.3 Å². The van der Waals surface area contributed by atoms with E-state index < -0.39 is 24.0 Å². The molecule has 0 spiro atoms. The number of carboxylic acid groups (broad SMARTS) is 1. The molecule has 0 radical (unpaired) electrons. The fraction of sp³-hybridized carbons (Fsp3) is 0.444. The first-order valence-corrected chi connectivity index (χ1v) is 11.9. The second-order valence-electron chi connectivity index (χ2n) is 9.18. The third-order valence-electron chi connectivity index (χ3n) is 6.35. The average molecular weight is 467 g/mol. The van der Waals surface area contributed by atoms with Gasteiger partial charge in [0.15, 0.2) is 0 Å². The van der Waals surface area contributed by atoms with Gasteiger partial charge in [-0.05, 0) is 47.4 Å². The van der Waals surface area contributed by atoms with E-state index in [1.54, 1.807) is 0 Å². The van der Waals surface area contributed by atoms with Gasteiger partial charge in [-0.15, -0.1) is 0 Å². The lowest BCUT2D eigenvalue weighted by molar-refractivity contribution is -0.142. The van der Waals surface area contributed by atoms with Gasteiger partial charge in [0.1, 0.15) is 12.6 Å². The van der Waals surface area contributed by atoms with Crippen LogP contribution in [0, 0.1) is 11.8 Å². The van der Waals surface area contributed by atoms with Gasteiger partial charge >= 0.3 is 12.1 Å². The Labute approximate surface area is 200 Å². The lowest BCUT2D eigenvalue weighted by Crippen LogP contribution is -2.46. The first-order chi connectivity index (χ1) is 16.3. The highest BCUT2D eigenvalue weighted by molar-refractivity contribution is 5.85. The minimum absolute atomic E-state index is 0.0410. The Kier molecular flexibility index (Phi) is 8.68. The molecule has 7 heteroatoms. The fourth-order valence-corrected chi connectivity index (χ4v) is 4.33. The number of carbonyl (C=O) groups excluding carboxylic acids is 2. The zero-order valence-electron chi connectivity index (χ0n) is 20.0. The second-order valence-corrected chi connectivity index (χ2v) is 9.18. The van der Waals surface area contributed by atoms with Crippen LogP contribution in [0.4, 0.5) is 4.79 Å². The molecule has 1 aliphatic rings. The molecule has 0 heterocycles. The number of hydrogen-bond acceptors (Lipinski definition) is 4. The van der Waals surface area contributed by atoms with Crippen LogP contribution in [-0.2, 0) is 14.3 Å². The molecule has 3 rings (SSSR count). The minimum atomic E-state index is -1.05. The fourth-order valence-electron chi connectivity index (χ4n) is 4.33. The third kappa shape index (κ3) is 6.16. The van der Waals surface area contributed by atoms with E-state index in [1.165, 1.54) is 0 Å². The number of carbonyl (C=O) groups is 3. The first kappa shape index (κ1) is 25.3. The number of ether oxygens (including phenoxy) is 1. The molecule has 7 nitrogen and oxygen atoms in total. The molecule has 0 saturated carbocycles. The van der Waals surface area contributed by atoms with Gasteiger partial charge in [-0.25, -0.2) is 9.59 Å². The summed E-state index contributed by atoms with van der Waals surface area (Å²) in [6.45, 7) is 6.12. The van der Waals surface area contributed by atoms with Crippen LogP contribution < -0.4 is 10.6 Å². The maximum Gasteiger partial charge on any atom is 0.407 e. The molecule has 0 bridgehead atoms. The van der Waals surface area contributed by atoms with Gasteiger partial charge in [0.05, 0.1) is 5.92 Å². The molecule has 0 saturated heterocycles. The Morgan fingerprint density at radius 2 is 1.56 bits per heavy atom. The molecule has 0 aromatic heterocycles. The van der Waals surface area contributed by atoms with E-state index in [4.69, 9.17) is 4.74 Å². The van der Waals surface area contributed by atoms with E-state index in [2.05, 4.69) is 34.9 Å². The standard InChI is InChI=1S/C27H34N2O5/c1-4-18(25(30)29-24(26(31)32)14-13-17(2)3)15-28-27(33)34-16-23-21-11-7-5-9-19(21)20-10-6-8-12-22(20)23/h5-12,17-18,23-24H,4,13-16H2,1-3H3,(H,28,33)(H,29,30)(H,31,32). The summed E-state index contributed by atoms with van der Waals surface area (Å²) < 4.78 is 5.52. The number of hydrogen-bond donors (Lipinski definition) is 3. The zero-order valence-corrected chi connectivity index (χ0v) is 20.0. The molecule has 3 N–H and O–H groups in total. The van der Waals surface area contributed by atoms with Gasteiger partial charge < -0.3 is 20.5 Å². The van der Waals surface area contributed by atoms with Crippen molar-refractivity contribution < 1.29 is 24.2 Å². The highest BCUT2D eigenvalue weighted by Crippen LogP contribution is 2.44. The van der Waals surface area contributed by atoms with Crippen LogP contribution in [0.3, 0.4) is 0 Å². The predicted molar refractivity (Wildman–Crippen MR) is 130 cm³/mol. The number of carboxylic acids is 1. The third-order valence-corrected chi connectivity index (χ3v) is 6.35. The van der Waals surface area contributed by atoms with Gasteiger partial charge in [-0.2, -0.15) is 0 Å². The molecule has 2 atom stereocenters. The van der Waals surface area contributed by atoms with Crippen LogP contribution in [0.25, 0.3) is 11.1 Å². The summed E-state index contributed by atoms with van der Waals surface area (Å²) >= 11 is 0. The lowest BCUT2D eigenvalue weighted by atomic mass is 9.98. The van der Waals surface area contributed by atoms with Crippen molar-refractivity contribution in [2.45, 2.75) is 52.0 Å². The van der Waals surface area contributed by atoms with E-state index in [0.29, 0.717) is 25.2 Å². The van der Waals surface area contributed by atoms with Crippen LogP contribution in [0.1, 0.15) is 57.1 Å². The summed E-state index contributed by atoms with van der Waals surface area (Å²) in [5.41, 5.74) is 4.56. The molecular weight excluding hydrogens is 432 g/mol. The maximum absolute atomic E-state index is 12.6. The number of fused-ring (bicyclic) bond motifs is 3. The summed E-state index contributed by atoms with van der Waals surface area (Å²) in [4.78, 5) is 36.5. The smallest absolute Gasteiger partial charge is 0.407 e. The van der Waals surface area contributed by atoms with Crippen LogP contribution in [-0.4, -0.2) is 42.3 Å². The molecule has 1 aliphatic carbocycles. The number of aliphatic carboxylic acids is 1. The summed E-state index contributed by atoms with van der Waals surface area (Å²) in [5, 5.41) is 14.7. The van der Waals surface area contributed by atoms with E-state index in [1.807, 2.05) is 45.0 Å². The van der Waals surface area contributed by atoms with Crippen LogP contribution in [0.2, 0.25) is 0 Å². The molecule has 0 aliphatic heterocycles. The Bertz CT molecular complexity index is 974. The highest BCUT2D eigenvalue weighted by Gasteiger charge is 2.29. The molecule has 182 valence electrons.